The molecule has 0 spiro atoms. The summed E-state index contributed by atoms with van der Waals surface area (Å²) in [5, 5.41) is 14.9. The number of hydrogen-bond donors (Lipinski definition) is 1. The smallest absolute Gasteiger partial charge is 0.273 e. The lowest BCUT2D eigenvalue weighted by Gasteiger charge is -2.51. The topological polar surface area (TPSA) is 61.6 Å². The number of nitrogens with one attached hydrogen (secondary N) is 1. The molecule has 24 heavy (non-hydrogen) atoms. The molecule has 132 valence electrons. The molecule has 1 aromatic carbocycles. The van der Waals surface area contributed by atoms with Crippen LogP contribution in [-0.4, -0.2) is 60.0 Å². The molecule has 2 aliphatic heterocycles. The van der Waals surface area contributed by atoms with Crippen molar-refractivity contribution in [3.05, 3.63) is 39.9 Å². The van der Waals surface area contributed by atoms with Crippen LogP contribution in [0.1, 0.15) is 19.4 Å². The van der Waals surface area contributed by atoms with Crippen molar-refractivity contribution >= 4 is 5.69 Å². The van der Waals surface area contributed by atoms with Gasteiger partial charge in [0.15, 0.2) is 0 Å². The van der Waals surface area contributed by atoms with Gasteiger partial charge < -0.3 is 15.1 Å². The van der Waals surface area contributed by atoms with E-state index in [0.717, 1.165) is 31.7 Å². The first-order chi connectivity index (χ1) is 11.5. The van der Waals surface area contributed by atoms with E-state index in [4.69, 9.17) is 0 Å². The first kappa shape index (κ1) is 17.3. The third-order valence-electron chi connectivity index (χ3n) is 5.49. The largest absolute Gasteiger partial charge is 0.309 e. The summed E-state index contributed by atoms with van der Waals surface area (Å²) < 4.78 is 0. The van der Waals surface area contributed by atoms with E-state index in [2.05, 4.69) is 36.0 Å². The molecule has 2 bridgehead atoms. The zero-order valence-corrected chi connectivity index (χ0v) is 14.8. The van der Waals surface area contributed by atoms with Gasteiger partial charge >= 0.3 is 0 Å². The zero-order chi connectivity index (χ0) is 17.3. The van der Waals surface area contributed by atoms with Crippen molar-refractivity contribution in [2.75, 3.05) is 33.2 Å². The van der Waals surface area contributed by atoms with Crippen molar-refractivity contribution in [1.82, 2.24) is 15.1 Å². The highest BCUT2D eigenvalue weighted by Crippen LogP contribution is 2.30. The van der Waals surface area contributed by atoms with E-state index in [1.807, 2.05) is 12.1 Å². The van der Waals surface area contributed by atoms with Crippen LogP contribution in [0.4, 0.5) is 5.69 Å². The molecule has 2 saturated heterocycles. The third-order valence-corrected chi connectivity index (χ3v) is 5.49. The number of hydrogen-bond acceptors (Lipinski definition) is 5. The van der Waals surface area contributed by atoms with Crippen molar-refractivity contribution in [2.24, 2.45) is 11.8 Å². The lowest BCUT2D eigenvalue weighted by molar-refractivity contribution is -0.385. The van der Waals surface area contributed by atoms with Gasteiger partial charge in [-0.2, -0.15) is 0 Å². The second-order valence-electron chi connectivity index (χ2n) is 7.58. The highest BCUT2D eigenvalue weighted by atomic mass is 16.6. The molecule has 1 N–H and O–H groups in total. The van der Waals surface area contributed by atoms with E-state index >= 15 is 0 Å². The summed E-state index contributed by atoms with van der Waals surface area (Å²) in [5.74, 6) is 1.15. The Kier molecular flexibility index (Phi) is 5.18. The number of para-hydroxylation sites is 1. The molecule has 2 atom stereocenters. The van der Waals surface area contributed by atoms with E-state index in [1.165, 1.54) is 0 Å². The number of likely N-dealkylation sites (tertiary alicyclic amines) is 2. The molecular formula is C18H28N4O2. The summed E-state index contributed by atoms with van der Waals surface area (Å²) in [5.41, 5.74) is 0.993. The number of piperidine rings is 2. The summed E-state index contributed by atoms with van der Waals surface area (Å²) in [7, 11) is 2.20. The predicted molar refractivity (Wildman–Crippen MR) is 94.9 cm³/mol. The van der Waals surface area contributed by atoms with Gasteiger partial charge in [0.2, 0.25) is 0 Å². The van der Waals surface area contributed by atoms with Crippen molar-refractivity contribution in [3.63, 3.8) is 0 Å². The van der Waals surface area contributed by atoms with E-state index in [9.17, 15) is 10.1 Å². The van der Waals surface area contributed by atoms with Crippen LogP contribution >= 0.6 is 0 Å². The van der Waals surface area contributed by atoms with Crippen molar-refractivity contribution in [2.45, 2.75) is 32.5 Å². The average molecular weight is 332 g/mol. The fourth-order valence-electron chi connectivity index (χ4n) is 4.33. The lowest BCUT2D eigenvalue weighted by atomic mass is 9.79. The molecule has 2 heterocycles. The fraction of sp³-hybridized carbons (Fsp3) is 0.667. The van der Waals surface area contributed by atoms with E-state index in [-0.39, 0.29) is 10.6 Å². The first-order valence-electron chi connectivity index (χ1n) is 8.84. The number of benzene rings is 1. The molecule has 2 unspecified atom stereocenters. The fourth-order valence-corrected chi connectivity index (χ4v) is 4.33. The summed E-state index contributed by atoms with van der Waals surface area (Å²) >= 11 is 0. The normalized spacial score (nSPS) is 28.2. The Hall–Kier alpha value is -1.50. The Morgan fingerprint density at radius 3 is 2.42 bits per heavy atom. The quantitative estimate of drug-likeness (QED) is 0.660. The average Bonchev–Trinajstić information content (AvgIpc) is 2.52. The molecule has 3 rings (SSSR count). The number of nitro benzene ring substituents is 1. The van der Waals surface area contributed by atoms with Crippen molar-refractivity contribution in [3.8, 4) is 0 Å². The Morgan fingerprint density at radius 2 is 1.83 bits per heavy atom. The molecule has 2 fully saturated rings. The van der Waals surface area contributed by atoms with Crippen LogP contribution in [0.25, 0.3) is 0 Å². The molecular weight excluding hydrogens is 304 g/mol. The first-order valence-corrected chi connectivity index (χ1v) is 8.84. The molecule has 0 radical (unpaired) electrons. The second kappa shape index (κ2) is 7.17. The minimum atomic E-state index is -0.285. The molecule has 1 aromatic rings. The zero-order valence-electron chi connectivity index (χ0n) is 14.8. The molecule has 0 saturated carbocycles. The molecule has 6 heteroatoms. The summed E-state index contributed by atoms with van der Waals surface area (Å²) in [4.78, 5) is 15.9. The van der Waals surface area contributed by atoms with Gasteiger partial charge in [0.1, 0.15) is 0 Å². The molecule has 0 aliphatic carbocycles. The van der Waals surface area contributed by atoms with Gasteiger partial charge in [0.25, 0.3) is 5.69 Å². The number of nitrogens with zero attached hydrogens (tertiary/aromatic N) is 3. The van der Waals surface area contributed by atoms with Gasteiger partial charge in [-0.15, -0.1) is 0 Å². The lowest BCUT2D eigenvalue weighted by Crippen LogP contribution is -2.64. The van der Waals surface area contributed by atoms with Gasteiger partial charge in [-0.3, -0.25) is 10.1 Å². The van der Waals surface area contributed by atoms with Crippen molar-refractivity contribution in [1.29, 1.82) is 0 Å². The molecule has 2 aliphatic rings. The second-order valence-corrected chi connectivity index (χ2v) is 7.58. The maximum atomic E-state index is 11.2. The molecule has 0 amide bonds. The number of nitro groups is 1. The van der Waals surface area contributed by atoms with Gasteiger partial charge in [-0.1, -0.05) is 18.2 Å². The minimum absolute atomic E-state index is 0.215. The van der Waals surface area contributed by atoms with E-state index < -0.39 is 0 Å². The van der Waals surface area contributed by atoms with E-state index in [0.29, 0.717) is 30.5 Å². The minimum Gasteiger partial charge on any atom is -0.309 e. The van der Waals surface area contributed by atoms with Crippen LogP contribution in [0.5, 0.6) is 0 Å². The SMILES string of the molecule is CC(C)N1CC2CN(C)CC(C1)C2NCc1ccccc1[N+](=O)[O-]. The van der Waals surface area contributed by atoms with Gasteiger partial charge in [0, 0.05) is 56.4 Å². The summed E-state index contributed by atoms with van der Waals surface area (Å²) in [6, 6.07) is 8.07. The monoisotopic (exact) mass is 332 g/mol. The van der Waals surface area contributed by atoms with Crippen LogP contribution in [0.3, 0.4) is 0 Å². The standard InChI is InChI=1S/C18H28N4O2/c1-13(2)21-11-15-9-20(3)10-16(12-21)18(15)19-8-14-6-4-5-7-17(14)22(23)24/h4-7,13,15-16,18-19H,8-12H2,1-3H3. The Bertz CT molecular complexity index is 576. The summed E-state index contributed by atoms with van der Waals surface area (Å²) in [6.45, 7) is 9.49. The highest BCUT2D eigenvalue weighted by Gasteiger charge is 2.41. The van der Waals surface area contributed by atoms with E-state index in [1.54, 1.807) is 12.1 Å². The van der Waals surface area contributed by atoms with Crippen LogP contribution in [-0.2, 0) is 6.54 Å². The van der Waals surface area contributed by atoms with Crippen LogP contribution in [0, 0.1) is 22.0 Å². The number of rotatable bonds is 5. The Balaban J connectivity index is 1.70. The molecule has 0 aromatic heterocycles. The van der Waals surface area contributed by atoms with Gasteiger partial charge in [0.05, 0.1) is 4.92 Å². The predicted octanol–water partition coefficient (Wildman–Crippen LogP) is 1.95. The van der Waals surface area contributed by atoms with Gasteiger partial charge in [-0.05, 0) is 32.7 Å². The van der Waals surface area contributed by atoms with Crippen LogP contribution in [0.2, 0.25) is 0 Å². The summed E-state index contributed by atoms with van der Waals surface area (Å²) in [6.07, 6.45) is 0. The molecule has 6 nitrogen and oxygen atoms in total. The Morgan fingerprint density at radius 1 is 1.21 bits per heavy atom. The van der Waals surface area contributed by atoms with Crippen molar-refractivity contribution < 1.29 is 4.92 Å². The third kappa shape index (κ3) is 3.61. The van der Waals surface area contributed by atoms with Crippen LogP contribution < -0.4 is 5.32 Å². The Labute approximate surface area is 144 Å². The highest BCUT2D eigenvalue weighted by molar-refractivity contribution is 5.39. The maximum absolute atomic E-state index is 11.2. The van der Waals surface area contributed by atoms with Gasteiger partial charge in [-0.25, -0.2) is 0 Å². The number of fused-ring (bicyclic) bond motifs is 2. The maximum Gasteiger partial charge on any atom is 0.273 e. The van der Waals surface area contributed by atoms with Crippen LogP contribution in [0.15, 0.2) is 24.3 Å².